The molecule has 1 rings (SSSR count). The zero-order valence-electron chi connectivity index (χ0n) is 8.67. The van der Waals surface area contributed by atoms with E-state index in [2.05, 4.69) is 55.5 Å². The van der Waals surface area contributed by atoms with Crippen LogP contribution in [0.5, 0.6) is 0 Å². The first-order valence-corrected chi connectivity index (χ1v) is 4.75. The second-order valence-electron chi connectivity index (χ2n) is 3.37. The van der Waals surface area contributed by atoms with Crippen molar-refractivity contribution in [3.8, 4) is 0 Å². The average Bonchev–Trinajstić information content (AvgIpc) is 2.15. The van der Waals surface area contributed by atoms with Crippen molar-refractivity contribution >= 4 is 11.4 Å². The van der Waals surface area contributed by atoms with Crippen LogP contribution in [0.25, 0.3) is 0 Å². The third-order valence-corrected chi connectivity index (χ3v) is 1.94. The number of nitrogens with zero attached hydrogens (tertiary/aromatic N) is 1. The number of nitrogens with one attached hydrogen (secondary N) is 1. The molecule has 2 nitrogen and oxygen atoms in total. The molecule has 1 aromatic rings. The van der Waals surface area contributed by atoms with Crippen LogP contribution in [0.3, 0.4) is 0 Å². The standard InChI is InChI=1S/C11H18N2/c1-4-8-12-10-6-5-7-11(9-10)13(2)3/h5-7,9,12H,4,8H2,1-3H3. The molecule has 0 aliphatic rings. The van der Waals surface area contributed by atoms with Crippen molar-refractivity contribution in [1.82, 2.24) is 0 Å². The van der Waals surface area contributed by atoms with Crippen molar-refractivity contribution in [2.24, 2.45) is 0 Å². The predicted molar refractivity (Wildman–Crippen MR) is 59.5 cm³/mol. The summed E-state index contributed by atoms with van der Waals surface area (Å²) < 4.78 is 0. The number of hydrogen-bond acceptors (Lipinski definition) is 2. The molecular weight excluding hydrogens is 160 g/mol. The fraction of sp³-hybridized carbons (Fsp3) is 0.455. The van der Waals surface area contributed by atoms with Gasteiger partial charge in [0.2, 0.25) is 0 Å². The highest BCUT2D eigenvalue weighted by Gasteiger charge is 1.95. The Hall–Kier alpha value is -1.18. The lowest BCUT2D eigenvalue weighted by atomic mass is 10.2. The highest BCUT2D eigenvalue weighted by molar-refractivity contribution is 5.57. The summed E-state index contributed by atoms with van der Waals surface area (Å²) in [5.74, 6) is 0. The molecule has 0 atom stereocenters. The van der Waals surface area contributed by atoms with Gasteiger partial charge in [0, 0.05) is 32.0 Å². The molecule has 0 unspecified atom stereocenters. The van der Waals surface area contributed by atoms with Crippen LogP contribution in [-0.2, 0) is 0 Å². The fourth-order valence-electron chi connectivity index (χ4n) is 1.16. The molecule has 0 aromatic heterocycles. The zero-order valence-corrected chi connectivity index (χ0v) is 8.67. The molecule has 0 spiro atoms. The molecule has 0 radical (unpaired) electrons. The summed E-state index contributed by atoms with van der Waals surface area (Å²) in [5.41, 5.74) is 2.44. The van der Waals surface area contributed by atoms with Crippen molar-refractivity contribution in [2.45, 2.75) is 13.3 Å². The van der Waals surface area contributed by atoms with Gasteiger partial charge in [-0.3, -0.25) is 0 Å². The Morgan fingerprint density at radius 1 is 1.31 bits per heavy atom. The fourth-order valence-corrected chi connectivity index (χ4v) is 1.16. The third-order valence-electron chi connectivity index (χ3n) is 1.94. The maximum Gasteiger partial charge on any atom is 0.0381 e. The number of rotatable bonds is 4. The first-order chi connectivity index (χ1) is 6.24. The van der Waals surface area contributed by atoms with Gasteiger partial charge in [0.05, 0.1) is 0 Å². The smallest absolute Gasteiger partial charge is 0.0381 e. The van der Waals surface area contributed by atoms with Gasteiger partial charge in [-0.2, -0.15) is 0 Å². The minimum atomic E-state index is 1.04. The Kier molecular flexibility index (Phi) is 3.62. The summed E-state index contributed by atoms with van der Waals surface area (Å²) in [6.07, 6.45) is 1.16. The van der Waals surface area contributed by atoms with Crippen molar-refractivity contribution in [1.29, 1.82) is 0 Å². The van der Waals surface area contributed by atoms with Gasteiger partial charge < -0.3 is 10.2 Å². The van der Waals surface area contributed by atoms with Gasteiger partial charge in [-0.05, 0) is 24.6 Å². The Morgan fingerprint density at radius 3 is 2.69 bits per heavy atom. The minimum absolute atomic E-state index is 1.04. The Labute approximate surface area is 80.6 Å². The summed E-state index contributed by atoms with van der Waals surface area (Å²) in [5, 5.41) is 3.36. The van der Waals surface area contributed by atoms with E-state index in [1.54, 1.807) is 0 Å². The zero-order chi connectivity index (χ0) is 9.68. The van der Waals surface area contributed by atoms with Gasteiger partial charge in [-0.15, -0.1) is 0 Å². The maximum absolute atomic E-state index is 3.36. The summed E-state index contributed by atoms with van der Waals surface area (Å²) in [6.45, 7) is 3.21. The Balaban J connectivity index is 2.68. The van der Waals surface area contributed by atoms with Crippen molar-refractivity contribution < 1.29 is 0 Å². The van der Waals surface area contributed by atoms with Crippen LogP contribution in [0.4, 0.5) is 11.4 Å². The lowest BCUT2D eigenvalue weighted by Gasteiger charge is -2.14. The van der Waals surface area contributed by atoms with Crippen LogP contribution in [-0.4, -0.2) is 20.6 Å². The van der Waals surface area contributed by atoms with Crippen LogP contribution in [0.15, 0.2) is 24.3 Å². The van der Waals surface area contributed by atoms with E-state index in [0.29, 0.717) is 0 Å². The minimum Gasteiger partial charge on any atom is -0.385 e. The molecule has 2 heteroatoms. The maximum atomic E-state index is 3.36. The lowest BCUT2D eigenvalue weighted by molar-refractivity contribution is 0.979. The summed E-state index contributed by atoms with van der Waals surface area (Å²) in [4.78, 5) is 2.11. The highest BCUT2D eigenvalue weighted by Crippen LogP contribution is 2.16. The van der Waals surface area contributed by atoms with E-state index in [4.69, 9.17) is 0 Å². The van der Waals surface area contributed by atoms with Gasteiger partial charge in [-0.1, -0.05) is 13.0 Å². The molecule has 0 bridgehead atoms. The normalized spacial score (nSPS) is 9.77. The van der Waals surface area contributed by atoms with Crippen LogP contribution >= 0.6 is 0 Å². The average molecular weight is 178 g/mol. The van der Waals surface area contributed by atoms with E-state index >= 15 is 0 Å². The third kappa shape index (κ3) is 2.98. The quantitative estimate of drug-likeness (QED) is 0.762. The van der Waals surface area contributed by atoms with Gasteiger partial charge in [0.1, 0.15) is 0 Å². The van der Waals surface area contributed by atoms with E-state index < -0.39 is 0 Å². The first-order valence-electron chi connectivity index (χ1n) is 4.75. The summed E-state index contributed by atoms with van der Waals surface area (Å²) in [7, 11) is 4.11. The van der Waals surface area contributed by atoms with Crippen molar-refractivity contribution in [3.63, 3.8) is 0 Å². The molecule has 13 heavy (non-hydrogen) atoms. The molecule has 0 aliphatic carbocycles. The van der Waals surface area contributed by atoms with Crippen molar-refractivity contribution in [3.05, 3.63) is 24.3 Å². The van der Waals surface area contributed by atoms with Crippen molar-refractivity contribution in [2.75, 3.05) is 30.9 Å². The highest BCUT2D eigenvalue weighted by atomic mass is 15.1. The van der Waals surface area contributed by atoms with E-state index in [9.17, 15) is 0 Å². The SMILES string of the molecule is CCCNc1cccc(N(C)C)c1. The second kappa shape index (κ2) is 4.75. The Bertz CT molecular complexity index is 256. The molecule has 72 valence electrons. The largest absolute Gasteiger partial charge is 0.385 e. The number of anilines is 2. The van der Waals surface area contributed by atoms with E-state index in [1.807, 2.05) is 0 Å². The van der Waals surface area contributed by atoms with Crippen LogP contribution in [0.1, 0.15) is 13.3 Å². The van der Waals surface area contributed by atoms with Gasteiger partial charge in [0.15, 0.2) is 0 Å². The molecule has 0 amide bonds. The van der Waals surface area contributed by atoms with Gasteiger partial charge in [-0.25, -0.2) is 0 Å². The molecule has 1 N–H and O–H groups in total. The molecule has 0 saturated carbocycles. The lowest BCUT2D eigenvalue weighted by Crippen LogP contribution is -2.09. The van der Waals surface area contributed by atoms with E-state index in [0.717, 1.165) is 13.0 Å². The second-order valence-corrected chi connectivity index (χ2v) is 3.37. The molecular formula is C11H18N2. The Morgan fingerprint density at radius 2 is 2.08 bits per heavy atom. The monoisotopic (exact) mass is 178 g/mol. The van der Waals surface area contributed by atoms with Gasteiger partial charge in [0.25, 0.3) is 0 Å². The van der Waals surface area contributed by atoms with Crippen LogP contribution in [0, 0.1) is 0 Å². The summed E-state index contributed by atoms with van der Waals surface area (Å²) >= 11 is 0. The number of hydrogen-bond donors (Lipinski definition) is 1. The molecule has 0 heterocycles. The molecule has 0 aliphatic heterocycles. The molecule has 0 fully saturated rings. The topological polar surface area (TPSA) is 15.3 Å². The summed E-state index contributed by atoms with van der Waals surface area (Å²) in [6, 6.07) is 8.45. The molecule has 0 saturated heterocycles. The number of benzene rings is 1. The molecule has 1 aromatic carbocycles. The van der Waals surface area contributed by atoms with Gasteiger partial charge >= 0.3 is 0 Å². The van der Waals surface area contributed by atoms with E-state index in [-0.39, 0.29) is 0 Å². The van der Waals surface area contributed by atoms with Crippen LogP contribution in [0.2, 0.25) is 0 Å². The predicted octanol–water partition coefficient (Wildman–Crippen LogP) is 2.57. The van der Waals surface area contributed by atoms with Crippen LogP contribution < -0.4 is 10.2 Å². The first kappa shape index (κ1) is 9.90. The van der Waals surface area contributed by atoms with E-state index in [1.165, 1.54) is 11.4 Å².